The summed E-state index contributed by atoms with van der Waals surface area (Å²) in [6.45, 7) is 0. The molecule has 0 radical (unpaired) electrons. The van der Waals surface area contributed by atoms with Crippen molar-refractivity contribution in [3.05, 3.63) is 72.4 Å². The van der Waals surface area contributed by atoms with Gasteiger partial charge in [-0.15, -0.1) is 0 Å². The molecule has 1 aromatic heterocycles. The van der Waals surface area contributed by atoms with Crippen molar-refractivity contribution in [1.82, 2.24) is 4.98 Å². The highest BCUT2D eigenvalue weighted by molar-refractivity contribution is 6.45. The Bertz CT molecular complexity index is 914. The standard InChI is InChI=1S/C17H6Cl6FN/c18-7-1-10(16(22)12(20)3-7)14-5-9(24)6-15(25-14)11-2-8(19)4-13(21)17(11)23/h1-6H. The molecular formula is C17H6Cl6FN. The Morgan fingerprint density at radius 3 is 1.40 bits per heavy atom. The van der Waals surface area contributed by atoms with E-state index in [2.05, 4.69) is 4.98 Å². The van der Waals surface area contributed by atoms with Crippen molar-refractivity contribution in [1.29, 1.82) is 0 Å². The van der Waals surface area contributed by atoms with Gasteiger partial charge in [0.25, 0.3) is 0 Å². The summed E-state index contributed by atoms with van der Waals surface area (Å²) in [7, 11) is 0. The lowest BCUT2D eigenvalue weighted by atomic mass is 10.1. The van der Waals surface area contributed by atoms with E-state index >= 15 is 0 Å². The third-order valence-corrected chi connectivity index (χ3v) is 5.37. The second kappa shape index (κ2) is 7.48. The lowest BCUT2D eigenvalue weighted by Gasteiger charge is -2.11. The lowest BCUT2D eigenvalue weighted by molar-refractivity contribution is 0.627. The Balaban J connectivity index is 2.25. The molecular weight excluding hydrogens is 450 g/mol. The Hall–Kier alpha value is -0.740. The Morgan fingerprint density at radius 2 is 1.00 bits per heavy atom. The van der Waals surface area contributed by atoms with Gasteiger partial charge in [-0.25, -0.2) is 9.37 Å². The van der Waals surface area contributed by atoms with E-state index in [1.54, 1.807) is 12.1 Å². The average molecular weight is 456 g/mol. The maximum absolute atomic E-state index is 14.2. The van der Waals surface area contributed by atoms with Gasteiger partial charge in [-0.3, -0.25) is 0 Å². The molecule has 128 valence electrons. The van der Waals surface area contributed by atoms with Gasteiger partial charge < -0.3 is 0 Å². The van der Waals surface area contributed by atoms with Gasteiger partial charge in [0.1, 0.15) is 5.82 Å². The van der Waals surface area contributed by atoms with E-state index in [0.29, 0.717) is 21.2 Å². The van der Waals surface area contributed by atoms with E-state index in [1.807, 2.05) is 0 Å². The number of nitrogens with zero attached hydrogens (tertiary/aromatic N) is 1. The van der Waals surface area contributed by atoms with Crippen LogP contribution in [-0.2, 0) is 0 Å². The summed E-state index contributed by atoms with van der Waals surface area (Å²) in [5, 5.41) is 1.60. The Morgan fingerprint density at radius 1 is 0.600 bits per heavy atom. The molecule has 1 heterocycles. The molecule has 25 heavy (non-hydrogen) atoms. The zero-order valence-electron chi connectivity index (χ0n) is 12.1. The first-order valence-electron chi connectivity index (χ1n) is 6.73. The zero-order valence-corrected chi connectivity index (χ0v) is 16.6. The molecule has 0 atom stereocenters. The molecule has 0 bridgehead atoms. The van der Waals surface area contributed by atoms with Crippen LogP contribution in [0, 0.1) is 5.82 Å². The highest BCUT2D eigenvalue weighted by Crippen LogP contribution is 2.39. The smallest absolute Gasteiger partial charge is 0.127 e. The largest absolute Gasteiger partial charge is 0.247 e. The van der Waals surface area contributed by atoms with Gasteiger partial charge in [-0.1, -0.05) is 69.6 Å². The van der Waals surface area contributed by atoms with Crippen LogP contribution in [0.3, 0.4) is 0 Å². The Labute approximate surface area is 173 Å². The second-order valence-corrected chi connectivity index (χ2v) is 7.50. The van der Waals surface area contributed by atoms with Gasteiger partial charge in [0.05, 0.1) is 31.5 Å². The first-order chi connectivity index (χ1) is 11.8. The average Bonchev–Trinajstić information content (AvgIpc) is 2.53. The molecule has 1 nitrogen and oxygen atoms in total. The quantitative estimate of drug-likeness (QED) is 0.353. The maximum Gasteiger partial charge on any atom is 0.127 e. The molecule has 2 aromatic carbocycles. The van der Waals surface area contributed by atoms with Crippen LogP contribution in [0.15, 0.2) is 36.4 Å². The van der Waals surface area contributed by atoms with E-state index in [0.717, 1.165) is 0 Å². The van der Waals surface area contributed by atoms with Crippen molar-refractivity contribution in [2.24, 2.45) is 0 Å². The summed E-state index contributed by atoms with van der Waals surface area (Å²) >= 11 is 36.5. The Kier molecular flexibility index (Phi) is 5.69. The van der Waals surface area contributed by atoms with Crippen molar-refractivity contribution < 1.29 is 4.39 Å². The van der Waals surface area contributed by atoms with E-state index in [1.165, 1.54) is 24.3 Å². The van der Waals surface area contributed by atoms with Gasteiger partial charge in [0.15, 0.2) is 0 Å². The first-order valence-corrected chi connectivity index (χ1v) is 9.00. The number of pyridine rings is 1. The van der Waals surface area contributed by atoms with Gasteiger partial charge in [0, 0.05) is 33.3 Å². The van der Waals surface area contributed by atoms with Crippen LogP contribution >= 0.6 is 69.6 Å². The van der Waals surface area contributed by atoms with Crippen LogP contribution in [-0.4, -0.2) is 4.98 Å². The molecule has 0 spiro atoms. The predicted octanol–water partition coefficient (Wildman–Crippen LogP) is 8.48. The van der Waals surface area contributed by atoms with Crippen LogP contribution in [0.4, 0.5) is 4.39 Å². The molecule has 0 unspecified atom stereocenters. The lowest BCUT2D eigenvalue weighted by Crippen LogP contribution is -1.93. The number of hydrogen-bond acceptors (Lipinski definition) is 1. The molecule has 3 rings (SSSR count). The summed E-state index contributed by atoms with van der Waals surface area (Å²) in [5.41, 5.74) is 1.28. The molecule has 0 aliphatic carbocycles. The summed E-state index contributed by atoms with van der Waals surface area (Å²) in [4.78, 5) is 4.42. The van der Waals surface area contributed by atoms with Crippen molar-refractivity contribution in [3.63, 3.8) is 0 Å². The maximum atomic E-state index is 14.2. The highest BCUT2D eigenvalue weighted by atomic mass is 35.5. The van der Waals surface area contributed by atoms with E-state index < -0.39 is 5.82 Å². The highest BCUT2D eigenvalue weighted by Gasteiger charge is 2.16. The van der Waals surface area contributed by atoms with E-state index in [9.17, 15) is 4.39 Å². The fourth-order valence-electron chi connectivity index (χ4n) is 2.26. The summed E-state index contributed by atoms with van der Waals surface area (Å²) in [6, 6.07) is 8.52. The fourth-order valence-corrected chi connectivity index (χ4v) is 3.66. The monoisotopic (exact) mass is 453 g/mol. The zero-order chi connectivity index (χ0) is 18.3. The number of hydrogen-bond donors (Lipinski definition) is 0. The number of benzene rings is 2. The van der Waals surface area contributed by atoms with E-state index in [4.69, 9.17) is 69.6 Å². The minimum absolute atomic E-state index is 0.213. The number of halogens is 7. The summed E-state index contributed by atoms with van der Waals surface area (Å²) in [5.74, 6) is -0.542. The first kappa shape index (κ1) is 19.0. The van der Waals surface area contributed by atoms with Gasteiger partial charge in [-0.2, -0.15) is 0 Å². The van der Waals surface area contributed by atoms with Gasteiger partial charge in [-0.05, 0) is 24.3 Å². The third-order valence-electron chi connectivity index (χ3n) is 3.33. The van der Waals surface area contributed by atoms with Crippen LogP contribution < -0.4 is 0 Å². The predicted molar refractivity (Wildman–Crippen MR) is 105 cm³/mol. The van der Waals surface area contributed by atoms with Crippen LogP contribution in [0.1, 0.15) is 0 Å². The van der Waals surface area contributed by atoms with Crippen molar-refractivity contribution in [2.75, 3.05) is 0 Å². The van der Waals surface area contributed by atoms with Gasteiger partial charge >= 0.3 is 0 Å². The third kappa shape index (κ3) is 4.00. The van der Waals surface area contributed by atoms with Crippen LogP contribution in [0.2, 0.25) is 30.1 Å². The molecule has 0 aliphatic heterocycles. The van der Waals surface area contributed by atoms with Crippen molar-refractivity contribution in [3.8, 4) is 22.5 Å². The number of rotatable bonds is 2. The van der Waals surface area contributed by atoms with Crippen molar-refractivity contribution >= 4 is 69.6 Å². The molecule has 8 heteroatoms. The molecule has 0 amide bonds. The van der Waals surface area contributed by atoms with Crippen molar-refractivity contribution in [2.45, 2.75) is 0 Å². The SMILES string of the molecule is Fc1cc(-c2cc(Cl)cc(Cl)c2Cl)nc(-c2cc(Cl)cc(Cl)c2Cl)c1. The molecule has 0 aliphatic rings. The normalized spacial score (nSPS) is 11.0. The topological polar surface area (TPSA) is 12.9 Å². The molecule has 3 aromatic rings. The van der Waals surface area contributed by atoms with Crippen LogP contribution in [0.5, 0.6) is 0 Å². The fraction of sp³-hybridized carbons (Fsp3) is 0. The molecule has 0 fully saturated rings. The minimum Gasteiger partial charge on any atom is -0.247 e. The van der Waals surface area contributed by atoms with Crippen LogP contribution in [0.25, 0.3) is 22.5 Å². The second-order valence-electron chi connectivity index (χ2n) is 5.05. The minimum atomic E-state index is -0.542. The molecule has 0 saturated heterocycles. The van der Waals surface area contributed by atoms with E-state index in [-0.39, 0.29) is 31.5 Å². The van der Waals surface area contributed by atoms with Gasteiger partial charge in [0.2, 0.25) is 0 Å². The summed E-state index contributed by atoms with van der Waals surface area (Å²) in [6.07, 6.45) is 0. The number of aromatic nitrogens is 1. The molecule has 0 N–H and O–H groups in total. The molecule has 0 saturated carbocycles. The summed E-state index contributed by atoms with van der Waals surface area (Å²) < 4.78 is 14.2.